The summed E-state index contributed by atoms with van der Waals surface area (Å²) in [5.74, 6) is 0. The van der Waals surface area contributed by atoms with Crippen LogP contribution in [0.15, 0.2) is 42.9 Å². The minimum atomic E-state index is 0. The Hall–Kier alpha value is -1.91. The van der Waals surface area contributed by atoms with Gasteiger partial charge in [0, 0.05) is 24.2 Å². The topological polar surface area (TPSA) is 56.2 Å². The monoisotopic (exact) mass is 372 g/mol. The number of pyridine rings is 2. The van der Waals surface area contributed by atoms with Gasteiger partial charge in [-0.2, -0.15) is 0 Å². The van der Waals surface area contributed by atoms with Crippen LogP contribution in [0, 0.1) is 6.92 Å². The summed E-state index contributed by atoms with van der Waals surface area (Å²) in [6.45, 7) is 2.93. The molecule has 0 saturated carbocycles. The van der Waals surface area contributed by atoms with Crippen LogP contribution in [0.5, 0.6) is 0 Å². The fourth-order valence-electron chi connectivity index (χ4n) is 3.32. The van der Waals surface area contributed by atoms with Gasteiger partial charge in [-0.15, -0.1) is 12.4 Å². The predicted molar refractivity (Wildman–Crippen MR) is 111 cm³/mol. The average molecular weight is 373 g/mol. The van der Waals surface area contributed by atoms with E-state index in [9.17, 15) is 0 Å². The molecule has 3 heterocycles. The van der Waals surface area contributed by atoms with Crippen LogP contribution in [0.4, 0.5) is 0 Å². The van der Waals surface area contributed by atoms with Gasteiger partial charge in [-0.05, 0) is 62.6 Å². The first-order chi connectivity index (χ1) is 12.3. The van der Waals surface area contributed by atoms with E-state index in [4.69, 9.17) is 10.7 Å². The standard InChI is InChI=1S/C21H28N4.ClH/c1-17-11-15-25-19(8-6-4-2-3-5-7-12-22)21(24-20(25)16-17)18-9-13-23-14-10-18;/h9-11,13-16H,2-8,12,22H2,1H3;1H. The van der Waals surface area contributed by atoms with Crippen LogP contribution in [-0.2, 0) is 6.42 Å². The third-order valence-corrected chi connectivity index (χ3v) is 4.70. The third-order valence-electron chi connectivity index (χ3n) is 4.70. The lowest BCUT2D eigenvalue weighted by atomic mass is 10.0. The fraction of sp³-hybridized carbons (Fsp3) is 0.429. The van der Waals surface area contributed by atoms with Gasteiger partial charge in [0.1, 0.15) is 5.65 Å². The quantitative estimate of drug-likeness (QED) is 0.539. The van der Waals surface area contributed by atoms with Gasteiger partial charge in [-0.3, -0.25) is 4.98 Å². The van der Waals surface area contributed by atoms with E-state index in [1.807, 2.05) is 24.5 Å². The van der Waals surface area contributed by atoms with Crippen LogP contribution in [0.2, 0.25) is 0 Å². The van der Waals surface area contributed by atoms with E-state index in [0.717, 1.165) is 36.3 Å². The number of fused-ring (bicyclic) bond motifs is 1. The Bertz CT molecular complexity index is 798. The number of aromatic nitrogens is 3. The zero-order valence-electron chi connectivity index (χ0n) is 15.5. The number of aryl methyl sites for hydroxylation is 2. The van der Waals surface area contributed by atoms with Crippen molar-refractivity contribution in [2.24, 2.45) is 5.73 Å². The molecule has 3 aromatic rings. The Kier molecular flexibility index (Phi) is 8.07. The maximum absolute atomic E-state index is 5.55. The van der Waals surface area contributed by atoms with Crippen molar-refractivity contribution in [3.05, 3.63) is 54.1 Å². The van der Waals surface area contributed by atoms with Crippen LogP contribution in [0.3, 0.4) is 0 Å². The second-order valence-corrected chi connectivity index (χ2v) is 6.74. The largest absolute Gasteiger partial charge is 0.330 e. The molecule has 140 valence electrons. The van der Waals surface area contributed by atoms with Crippen molar-refractivity contribution in [1.82, 2.24) is 14.4 Å². The molecule has 0 amide bonds. The van der Waals surface area contributed by atoms with Gasteiger partial charge in [0.15, 0.2) is 0 Å². The number of rotatable bonds is 9. The summed E-state index contributed by atoms with van der Waals surface area (Å²) < 4.78 is 2.25. The van der Waals surface area contributed by atoms with Crippen molar-refractivity contribution in [3.63, 3.8) is 0 Å². The Balaban J connectivity index is 0.00000243. The molecule has 0 aliphatic rings. The molecule has 3 aromatic heterocycles. The molecule has 3 rings (SSSR count). The highest BCUT2D eigenvalue weighted by atomic mass is 35.5. The van der Waals surface area contributed by atoms with Gasteiger partial charge in [0.25, 0.3) is 0 Å². The highest BCUT2D eigenvalue weighted by Gasteiger charge is 2.13. The Morgan fingerprint density at radius 1 is 0.962 bits per heavy atom. The van der Waals surface area contributed by atoms with E-state index in [1.54, 1.807) is 0 Å². The molecule has 0 atom stereocenters. The van der Waals surface area contributed by atoms with Gasteiger partial charge >= 0.3 is 0 Å². The highest BCUT2D eigenvalue weighted by molar-refractivity contribution is 5.85. The molecular weight excluding hydrogens is 344 g/mol. The SMILES string of the molecule is Cc1ccn2c(CCCCCCCCN)c(-c3ccncc3)nc2c1.Cl. The van der Waals surface area contributed by atoms with E-state index in [1.165, 1.54) is 43.4 Å². The van der Waals surface area contributed by atoms with Gasteiger partial charge in [-0.25, -0.2) is 4.98 Å². The highest BCUT2D eigenvalue weighted by Crippen LogP contribution is 2.26. The fourth-order valence-corrected chi connectivity index (χ4v) is 3.32. The first kappa shape index (κ1) is 20.4. The van der Waals surface area contributed by atoms with E-state index < -0.39 is 0 Å². The third kappa shape index (κ3) is 5.05. The molecule has 0 aliphatic carbocycles. The van der Waals surface area contributed by atoms with Crippen molar-refractivity contribution < 1.29 is 0 Å². The van der Waals surface area contributed by atoms with Gasteiger partial charge in [0.2, 0.25) is 0 Å². The van der Waals surface area contributed by atoms with E-state index in [-0.39, 0.29) is 12.4 Å². The lowest BCUT2D eigenvalue weighted by Crippen LogP contribution is -1.98. The van der Waals surface area contributed by atoms with Crippen LogP contribution in [0.1, 0.15) is 49.8 Å². The van der Waals surface area contributed by atoms with Crippen LogP contribution >= 0.6 is 12.4 Å². The summed E-state index contributed by atoms with van der Waals surface area (Å²) in [6, 6.07) is 8.40. The molecule has 0 spiro atoms. The predicted octanol–water partition coefficient (Wildman–Crippen LogP) is 4.97. The average Bonchev–Trinajstić information content (AvgIpc) is 2.99. The summed E-state index contributed by atoms with van der Waals surface area (Å²) >= 11 is 0. The molecule has 4 nitrogen and oxygen atoms in total. The summed E-state index contributed by atoms with van der Waals surface area (Å²) in [5.41, 5.74) is 11.4. The van der Waals surface area contributed by atoms with Crippen molar-refractivity contribution >= 4 is 18.1 Å². The Morgan fingerprint density at radius 3 is 2.38 bits per heavy atom. The lowest BCUT2D eigenvalue weighted by Gasteiger charge is -2.06. The number of imidazole rings is 1. The van der Waals surface area contributed by atoms with Crippen molar-refractivity contribution in [3.8, 4) is 11.3 Å². The zero-order valence-corrected chi connectivity index (χ0v) is 16.3. The number of halogens is 1. The van der Waals surface area contributed by atoms with Gasteiger partial charge in [0.05, 0.1) is 11.4 Å². The Morgan fingerprint density at radius 2 is 1.65 bits per heavy atom. The second-order valence-electron chi connectivity index (χ2n) is 6.74. The minimum absolute atomic E-state index is 0. The number of nitrogens with zero attached hydrogens (tertiary/aromatic N) is 3. The maximum atomic E-state index is 5.55. The minimum Gasteiger partial charge on any atom is -0.330 e. The van der Waals surface area contributed by atoms with E-state index >= 15 is 0 Å². The molecular formula is C21H29ClN4. The molecule has 0 aliphatic heterocycles. The summed E-state index contributed by atoms with van der Waals surface area (Å²) in [4.78, 5) is 9.04. The molecule has 0 fully saturated rings. The van der Waals surface area contributed by atoms with E-state index in [2.05, 4.69) is 34.6 Å². The molecule has 0 radical (unpaired) electrons. The van der Waals surface area contributed by atoms with Crippen LogP contribution < -0.4 is 5.73 Å². The molecule has 2 N–H and O–H groups in total. The van der Waals surface area contributed by atoms with E-state index in [0.29, 0.717) is 0 Å². The van der Waals surface area contributed by atoms with Gasteiger partial charge < -0.3 is 10.1 Å². The lowest BCUT2D eigenvalue weighted by molar-refractivity contribution is 0.594. The van der Waals surface area contributed by atoms with Gasteiger partial charge in [-0.1, -0.05) is 25.7 Å². The molecule has 5 heteroatoms. The molecule has 0 unspecified atom stereocenters. The maximum Gasteiger partial charge on any atom is 0.137 e. The number of nitrogens with two attached hydrogens (primary N) is 1. The number of unbranched alkanes of at least 4 members (excludes halogenated alkanes) is 5. The normalized spacial score (nSPS) is 10.8. The second kappa shape index (κ2) is 10.3. The summed E-state index contributed by atoms with van der Waals surface area (Å²) in [7, 11) is 0. The molecule has 0 bridgehead atoms. The molecule has 0 aromatic carbocycles. The molecule has 26 heavy (non-hydrogen) atoms. The first-order valence-corrected chi connectivity index (χ1v) is 9.37. The summed E-state index contributed by atoms with van der Waals surface area (Å²) in [5, 5.41) is 0. The van der Waals surface area contributed by atoms with Crippen LogP contribution in [-0.4, -0.2) is 20.9 Å². The Labute approximate surface area is 162 Å². The number of hydrogen-bond donors (Lipinski definition) is 1. The van der Waals surface area contributed by atoms with Crippen molar-refractivity contribution in [2.75, 3.05) is 6.54 Å². The first-order valence-electron chi connectivity index (χ1n) is 9.37. The van der Waals surface area contributed by atoms with Crippen molar-refractivity contribution in [1.29, 1.82) is 0 Å². The molecule has 0 saturated heterocycles. The van der Waals surface area contributed by atoms with Crippen LogP contribution in [0.25, 0.3) is 16.9 Å². The van der Waals surface area contributed by atoms with Crippen molar-refractivity contribution in [2.45, 2.75) is 51.9 Å². The zero-order chi connectivity index (χ0) is 17.5. The summed E-state index contributed by atoms with van der Waals surface area (Å²) in [6.07, 6.45) is 14.3. The number of hydrogen-bond acceptors (Lipinski definition) is 3. The smallest absolute Gasteiger partial charge is 0.137 e.